The Bertz CT molecular complexity index is 968. The first-order valence-electron chi connectivity index (χ1n) is 9.34. The van der Waals surface area contributed by atoms with Gasteiger partial charge in [0.25, 0.3) is 5.91 Å². The molecule has 29 heavy (non-hydrogen) atoms. The number of nitrogens with zero attached hydrogens (tertiary/aromatic N) is 4. The lowest BCUT2D eigenvalue weighted by Crippen LogP contribution is -2.49. The van der Waals surface area contributed by atoms with Crippen LogP contribution in [-0.4, -0.2) is 58.6 Å². The molecule has 152 valence electrons. The van der Waals surface area contributed by atoms with Crippen LogP contribution in [0.2, 0.25) is 5.02 Å². The number of amides is 1. The second-order valence-electron chi connectivity index (χ2n) is 6.84. The van der Waals surface area contributed by atoms with Crippen LogP contribution in [0.3, 0.4) is 0 Å². The molecule has 1 aliphatic rings. The summed E-state index contributed by atoms with van der Waals surface area (Å²) < 4.78 is 11.0. The van der Waals surface area contributed by atoms with Crippen LogP contribution in [0, 0.1) is 6.92 Å². The summed E-state index contributed by atoms with van der Waals surface area (Å²) in [5, 5.41) is 6.68. The molecule has 3 heterocycles. The molecule has 1 amide bonds. The van der Waals surface area contributed by atoms with E-state index in [0.29, 0.717) is 42.1 Å². The first-order chi connectivity index (χ1) is 14.1. The van der Waals surface area contributed by atoms with Crippen molar-refractivity contribution in [1.29, 1.82) is 0 Å². The fourth-order valence-corrected chi connectivity index (χ4v) is 4.05. The number of aryl methyl sites for hydroxylation is 1. The number of aromatic nitrogens is 2. The minimum absolute atomic E-state index is 0.0169. The Morgan fingerprint density at radius 2 is 2.10 bits per heavy atom. The minimum Gasteiger partial charge on any atom is -0.483 e. The third kappa shape index (κ3) is 4.95. The largest absolute Gasteiger partial charge is 0.483 e. The summed E-state index contributed by atoms with van der Waals surface area (Å²) in [6, 6.07) is 9.30. The standard InChI is InChI=1S/C20H21ClN4O3S/c1-14-11-15(21)4-5-16(14)27-13-19(26)25-8-6-24(7-9-25)12-18-22-20(23-28-18)17-3-2-10-29-17/h2-5,10-11H,6-9,12-13H2,1H3. The van der Waals surface area contributed by atoms with Gasteiger partial charge in [-0.15, -0.1) is 11.3 Å². The maximum Gasteiger partial charge on any atom is 0.260 e. The van der Waals surface area contributed by atoms with Gasteiger partial charge in [-0.1, -0.05) is 22.8 Å². The Kier molecular flexibility index (Phi) is 6.13. The van der Waals surface area contributed by atoms with Crippen LogP contribution in [0.25, 0.3) is 10.7 Å². The van der Waals surface area contributed by atoms with Crippen LogP contribution in [0.5, 0.6) is 5.75 Å². The van der Waals surface area contributed by atoms with Crippen molar-refractivity contribution in [3.05, 3.63) is 52.2 Å². The molecule has 1 saturated heterocycles. The molecule has 1 aromatic carbocycles. The normalized spacial score (nSPS) is 14.9. The lowest BCUT2D eigenvalue weighted by molar-refractivity contribution is -0.135. The number of thiophene rings is 1. The highest BCUT2D eigenvalue weighted by Gasteiger charge is 2.23. The fourth-order valence-electron chi connectivity index (χ4n) is 3.18. The van der Waals surface area contributed by atoms with Crippen LogP contribution in [0.1, 0.15) is 11.5 Å². The van der Waals surface area contributed by atoms with E-state index in [1.807, 2.05) is 35.4 Å². The zero-order valence-electron chi connectivity index (χ0n) is 16.0. The van der Waals surface area contributed by atoms with Crippen molar-refractivity contribution in [3.8, 4) is 16.5 Å². The summed E-state index contributed by atoms with van der Waals surface area (Å²) >= 11 is 7.53. The van der Waals surface area contributed by atoms with E-state index >= 15 is 0 Å². The molecule has 4 rings (SSSR count). The number of carbonyl (C=O) groups excluding carboxylic acids is 1. The number of carbonyl (C=O) groups is 1. The van der Waals surface area contributed by atoms with Crippen LogP contribution < -0.4 is 4.74 Å². The second kappa shape index (κ2) is 8.94. The number of hydrogen-bond acceptors (Lipinski definition) is 7. The van der Waals surface area contributed by atoms with Gasteiger partial charge in [0.15, 0.2) is 6.61 Å². The number of benzene rings is 1. The van der Waals surface area contributed by atoms with E-state index < -0.39 is 0 Å². The van der Waals surface area contributed by atoms with Crippen LogP contribution in [0.4, 0.5) is 0 Å². The van der Waals surface area contributed by atoms with Gasteiger partial charge in [0.2, 0.25) is 11.7 Å². The molecule has 1 fully saturated rings. The number of hydrogen-bond donors (Lipinski definition) is 0. The molecule has 0 saturated carbocycles. The van der Waals surface area contributed by atoms with E-state index in [2.05, 4.69) is 15.0 Å². The molecule has 0 bridgehead atoms. The quantitative estimate of drug-likeness (QED) is 0.593. The Hall–Kier alpha value is -2.42. The molecule has 0 spiro atoms. The number of rotatable bonds is 6. The van der Waals surface area contributed by atoms with Gasteiger partial charge in [-0.3, -0.25) is 9.69 Å². The summed E-state index contributed by atoms with van der Waals surface area (Å²) in [4.78, 5) is 22.0. The summed E-state index contributed by atoms with van der Waals surface area (Å²) in [6.45, 7) is 5.31. The molecule has 0 N–H and O–H groups in total. The third-order valence-corrected chi connectivity index (χ3v) is 5.88. The molecular formula is C20H21ClN4O3S. The maximum atomic E-state index is 12.5. The van der Waals surface area contributed by atoms with Crippen LogP contribution in [-0.2, 0) is 11.3 Å². The van der Waals surface area contributed by atoms with Gasteiger partial charge in [0.1, 0.15) is 5.75 Å². The van der Waals surface area contributed by atoms with E-state index in [-0.39, 0.29) is 12.5 Å². The summed E-state index contributed by atoms with van der Waals surface area (Å²) in [5.41, 5.74) is 0.914. The predicted molar refractivity (Wildman–Crippen MR) is 111 cm³/mol. The van der Waals surface area contributed by atoms with Crippen molar-refractivity contribution in [3.63, 3.8) is 0 Å². The molecule has 3 aromatic rings. The van der Waals surface area contributed by atoms with Gasteiger partial charge in [0.05, 0.1) is 11.4 Å². The second-order valence-corrected chi connectivity index (χ2v) is 8.23. The molecule has 0 aliphatic carbocycles. The van der Waals surface area contributed by atoms with Crippen molar-refractivity contribution in [2.75, 3.05) is 32.8 Å². The van der Waals surface area contributed by atoms with Gasteiger partial charge in [-0.05, 0) is 42.1 Å². The molecular weight excluding hydrogens is 412 g/mol. The average molecular weight is 433 g/mol. The van der Waals surface area contributed by atoms with Gasteiger partial charge in [-0.25, -0.2) is 0 Å². The van der Waals surface area contributed by atoms with E-state index in [9.17, 15) is 4.79 Å². The van der Waals surface area contributed by atoms with E-state index in [1.165, 1.54) is 0 Å². The van der Waals surface area contributed by atoms with Crippen molar-refractivity contribution in [2.24, 2.45) is 0 Å². The third-order valence-electron chi connectivity index (χ3n) is 4.78. The highest BCUT2D eigenvalue weighted by molar-refractivity contribution is 7.13. The van der Waals surface area contributed by atoms with Crippen molar-refractivity contribution < 1.29 is 14.1 Å². The highest BCUT2D eigenvalue weighted by Crippen LogP contribution is 2.23. The van der Waals surface area contributed by atoms with Crippen LogP contribution >= 0.6 is 22.9 Å². The molecule has 7 nitrogen and oxygen atoms in total. The molecule has 0 radical (unpaired) electrons. The highest BCUT2D eigenvalue weighted by atomic mass is 35.5. The Balaban J connectivity index is 1.24. The van der Waals surface area contributed by atoms with Crippen molar-refractivity contribution >= 4 is 28.8 Å². The molecule has 0 atom stereocenters. The van der Waals surface area contributed by atoms with Gasteiger partial charge in [0, 0.05) is 31.2 Å². The van der Waals surface area contributed by atoms with Crippen LogP contribution in [0.15, 0.2) is 40.2 Å². The van der Waals surface area contributed by atoms with E-state index in [1.54, 1.807) is 23.5 Å². The predicted octanol–water partition coefficient (Wildman–Crippen LogP) is 3.48. The van der Waals surface area contributed by atoms with Gasteiger partial charge in [-0.2, -0.15) is 4.98 Å². The van der Waals surface area contributed by atoms with Crippen molar-refractivity contribution in [1.82, 2.24) is 19.9 Å². The Labute approximate surface area is 177 Å². The van der Waals surface area contributed by atoms with E-state index in [0.717, 1.165) is 23.5 Å². The monoisotopic (exact) mass is 432 g/mol. The fraction of sp³-hybridized carbons (Fsp3) is 0.350. The smallest absolute Gasteiger partial charge is 0.260 e. The summed E-state index contributed by atoms with van der Waals surface area (Å²) in [6.07, 6.45) is 0. The lowest BCUT2D eigenvalue weighted by Gasteiger charge is -2.33. The SMILES string of the molecule is Cc1cc(Cl)ccc1OCC(=O)N1CCN(Cc2nc(-c3cccs3)no2)CC1. The van der Waals surface area contributed by atoms with Crippen molar-refractivity contribution in [2.45, 2.75) is 13.5 Å². The maximum absolute atomic E-state index is 12.5. The lowest BCUT2D eigenvalue weighted by atomic mass is 10.2. The zero-order chi connectivity index (χ0) is 20.2. The molecule has 9 heteroatoms. The average Bonchev–Trinajstić information content (AvgIpc) is 3.39. The number of halogens is 1. The van der Waals surface area contributed by atoms with E-state index in [4.69, 9.17) is 20.9 Å². The topological polar surface area (TPSA) is 71.7 Å². The number of piperazine rings is 1. The Morgan fingerprint density at radius 3 is 2.83 bits per heavy atom. The van der Waals surface area contributed by atoms with Gasteiger partial charge >= 0.3 is 0 Å². The molecule has 2 aromatic heterocycles. The van der Waals surface area contributed by atoms with Gasteiger partial charge < -0.3 is 14.2 Å². The summed E-state index contributed by atoms with van der Waals surface area (Å²) in [7, 11) is 0. The number of ether oxygens (including phenoxy) is 1. The summed E-state index contributed by atoms with van der Waals surface area (Å²) in [5.74, 6) is 1.88. The first-order valence-corrected chi connectivity index (χ1v) is 10.6. The molecule has 0 unspecified atom stereocenters. The minimum atomic E-state index is -0.0169. The first kappa shape index (κ1) is 19.9. The Morgan fingerprint density at radius 1 is 1.28 bits per heavy atom. The zero-order valence-corrected chi connectivity index (χ0v) is 17.6. The molecule has 1 aliphatic heterocycles.